The van der Waals surface area contributed by atoms with Gasteiger partial charge in [-0.3, -0.25) is 9.69 Å². The summed E-state index contributed by atoms with van der Waals surface area (Å²) in [5, 5.41) is 0. The third-order valence-corrected chi connectivity index (χ3v) is 6.39. The van der Waals surface area contributed by atoms with E-state index in [1.54, 1.807) is 23.1 Å². The molecule has 2 atom stereocenters. The summed E-state index contributed by atoms with van der Waals surface area (Å²) in [4.78, 5) is 23.6. The van der Waals surface area contributed by atoms with E-state index in [1.807, 2.05) is 18.3 Å². The summed E-state index contributed by atoms with van der Waals surface area (Å²) in [5.74, 6) is 1.40. The fraction of sp³-hybridized carbons (Fsp3) is 0.478. The number of hydrogen-bond donors (Lipinski definition) is 0. The van der Waals surface area contributed by atoms with Crippen LogP contribution in [0.2, 0.25) is 0 Å². The van der Waals surface area contributed by atoms with Crippen LogP contribution >= 0.6 is 0 Å². The van der Waals surface area contributed by atoms with Gasteiger partial charge in [-0.05, 0) is 49.9 Å². The van der Waals surface area contributed by atoms with Crippen molar-refractivity contribution in [3.63, 3.8) is 0 Å². The third-order valence-electron chi connectivity index (χ3n) is 6.39. The van der Waals surface area contributed by atoms with Crippen LogP contribution in [0.25, 0.3) is 0 Å². The summed E-state index contributed by atoms with van der Waals surface area (Å²) in [6, 6.07) is 10.2. The molecule has 0 saturated carbocycles. The molecule has 1 aromatic heterocycles. The Labute approximate surface area is 176 Å². The van der Waals surface area contributed by atoms with Crippen LogP contribution in [0.1, 0.15) is 25.7 Å². The first-order valence-corrected chi connectivity index (χ1v) is 10.9. The monoisotopic (exact) mass is 410 g/mol. The number of aromatic nitrogens is 1. The molecular formula is C23H27FN4O2. The molecule has 1 amide bonds. The number of likely N-dealkylation sites (tertiary alicyclic amines) is 1. The Morgan fingerprint density at radius 2 is 1.83 bits per heavy atom. The molecule has 7 heteroatoms. The molecule has 30 heavy (non-hydrogen) atoms. The highest BCUT2D eigenvalue weighted by Gasteiger charge is 2.40. The number of amides is 1. The Morgan fingerprint density at radius 1 is 1.00 bits per heavy atom. The molecule has 4 heterocycles. The molecule has 1 aromatic carbocycles. The van der Waals surface area contributed by atoms with E-state index >= 15 is 0 Å². The third kappa shape index (κ3) is 3.62. The molecule has 3 aliphatic heterocycles. The van der Waals surface area contributed by atoms with Crippen LogP contribution < -0.4 is 14.5 Å². The maximum absolute atomic E-state index is 14.2. The van der Waals surface area contributed by atoms with E-state index in [-0.39, 0.29) is 23.9 Å². The van der Waals surface area contributed by atoms with Gasteiger partial charge in [0.05, 0.1) is 11.7 Å². The Bertz CT molecular complexity index is 918. The summed E-state index contributed by atoms with van der Waals surface area (Å²) in [6.45, 7) is 4.11. The van der Waals surface area contributed by atoms with Crippen molar-refractivity contribution in [3.8, 4) is 5.75 Å². The fourth-order valence-electron chi connectivity index (χ4n) is 4.87. The normalized spacial score (nSPS) is 24.8. The molecule has 5 rings (SSSR count). The fourth-order valence-corrected chi connectivity index (χ4v) is 4.87. The van der Waals surface area contributed by atoms with E-state index in [0.717, 1.165) is 37.6 Å². The lowest BCUT2D eigenvalue weighted by Gasteiger charge is -2.24. The molecule has 3 fully saturated rings. The van der Waals surface area contributed by atoms with Gasteiger partial charge in [-0.1, -0.05) is 12.1 Å². The molecule has 0 aliphatic carbocycles. The van der Waals surface area contributed by atoms with Gasteiger partial charge in [0, 0.05) is 38.9 Å². The largest absolute Gasteiger partial charge is 0.485 e. The number of para-hydroxylation sites is 1. The van der Waals surface area contributed by atoms with Crippen molar-refractivity contribution in [2.45, 2.75) is 37.8 Å². The number of hydrogen-bond acceptors (Lipinski definition) is 5. The number of nitrogens with zero attached hydrogens (tertiary/aromatic N) is 4. The lowest BCUT2D eigenvalue weighted by molar-refractivity contribution is -0.121. The van der Waals surface area contributed by atoms with E-state index in [2.05, 4.69) is 14.8 Å². The number of halogens is 1. The molecule has 158 valence electrons. The smallest absolute Gasteiger partial charge is 0.244 e. The van der Waals surface area contributed by atoms with Crippen LogP contribution in [0.4, 0.5) is 15.9 Å². The second-order valence-corrected chi connectivity index (χ2v) is 8.29. The molecule has 3 aliphatic rings. The predicted octanol–water partition coefficient (Wildman–Crippen LogP) is 3.08. The number of carbonyl (C=O) groups is 1. The Balaban J connectivity index is 1.24. The van der Waals surface area contributed by atoms with Crippen LogP contribution in [0.15, 0.2) is 42.6 Å². The van der Waals surface area contributed by atoms with E-state index in [1.165, 1.54) is 18.9 Å². The van der Waals surface area contributed by atoms with Gasteiger partial charge >= 0.3 is 0 Å². The highest BCUT2D eigenvalue weighted by molar-refractivity contribution is 5.99. The minimum Gasteiger partial charge on any atom is -0.485 e. The molecule has 2 aromatic rings. The second kappa shape index (κ2) is 8.22. The molecule has 3 saturated heterocycles. The van der Waals surface area contributed by atoms with E-state index in [0.29, 0.717) is 25.2 Å². The van der Waals surface area contributed by atoms with Gasteiger partial charge in [-0.25, -0.2) is 9.37 Å². The number of anilines is 2. The Morgan fingerprint density at radius 3 is 2.67 bits per heavy atom. The summed E-state index contributed by atoms with van der Waals surface area (Å²) in [6.07, 6.45) is 5.82. The summed E-state index contributed by atoms with van der Waals surface area (Å²) >= 11 is 0. The number of rotatable bonds is 5. The van der Waals surface area contributed by atoms with Crippen molar-refractivity contribution in [2.75, 3.05) is 42.5 Å². The molecule has 0 unspecified atom stereocenters. The topological polar surface area (TPSA) is 48.9 Å². The van der Waals surface area contributed by atoms with Gasteiger partial charge in [0.15, 0.2) is 11.6 Å². The molecule has 6 nitrogen and oxygen atoms in total. The van der Waals surface area contributed by atoms with Crippen molar-refractivity contribution in [2.24, 2.45) is 0 Å². The first-order chi connectivity index (χ1) is 14.7. The SMILES string of the molecule is O=C1[C@@H](N2CC[C@H](Oc3cccnc3N3CCCC3)C2)CCN1c1ccccc1F. The van der Waals surface area contributed by atoms with Gasteiger partial charge in [-0.15, -0.1) is 0 Å². The lowest BCUT2D eigenvalue weighted by Crippen LogP contribution is -2.41. The predicted molar refractivity (Wildman–Crippen MR) is 113 cm³/mol. The number of benzene rings is 1. The van der Waals surface area contributed by atoms with Gasteiger partial charge in [0.2, 0.25) is 5.91 Å². The van der Waals surface area contributed by atoms with Crippen molar-refractivity contribution in [1.29, 1.82) is 0 Å². The zero-order valence-corrected chi connectivity index (χ0v) is 17.0. The first kappa shape index (κ1) is 19.3. The average Bonchev–Trinajstić information content (AvgIpc) is 3.51. The minimum absolute atomic E-state index is 0.0140. The minimum atomic E-state index is -0.347. The van der Waals surface area contributed by atoms with Crippen LogP contribution in [-0.2, 0) is 4.79 Å². The van der Waals surface area contributed by atoms with Crippen molar-refractivity contribution < 1.29 is 13.9 Å². The highest BCUT2D eigenvalue weighted by atomic mass is 19.1. The molecule has 0 N–H and O–H groups in total. The highest BCUT2D eigenvalue weighted by Crippen LogP contribution is 2.32. The number of carbonyl (C=O) groups excluding carboxylic acids is 1. The molecule has 0 spiro atoms. The second-order valence-electron chi connectivity index (χ2n) is 8.29. The van der Waals surface area contributed by atoms with Gasteiger partial charge < -0.3 is 14.5 Å². The van der Waals surface area contributed by atoms with Crippen LogP contribution in [0.5, 0.6) is 5.75 Å². The number of pyridine rings is 1. The zero-order chi connectivity index (χ0) is 20.5. The first-order valence-electron chi connectivity index (χ1n) is 10.9. The standard InChI is InChI=1S/C23H27FN4O2/c24-18-6-1-2-7-19(18)28-15-10-20(23(28)29)27-14-9-17(16-27)30-21-8-5-11-25-22(21)26-12-3-4-13-26/h1-2,5-8,11,17,20H,3-4,9-10,12-16H2/t17-,20-/m0/s1. The summed E-state index contributed by atoms with van der Waals surface area (Å²) in [5.41, 5.74) is 0.377. The summed E-state index contributed by atoms with van der Waals surface area (Å²) < 4.78 is 20.5. The Kier molecular flexibility index (Phi) is 5.29. The maximum atomic E-state index is 14.2. The molecule has 0 bridgehead atoms. The van der Waals surface area contributed by atoms with Gasteiger partial charge in [0.25, 0.3) is 0 Å². The van der Waals surface area contributed by atoms with Gasteiger partial charge in [-0.2, -0.15) is 0 Å². The summed E-state index contributed by atoms with van der Waals surface area (Å²) in [7, 11) is 0. The van der Waals surface area contributed by atoms with Crippen molar-refractivity contribution >= 4 is 17.4 Å². The maximum Gasteiger partial charge on any atom is 0.244 e. The van der Waals surface area contributed by atoms with E-state index in [4.69, 9.17) is 4.74 Å². The van der Waals surface area contributed by atoms with E-state index < -0.39 is 0 Å². The average molecular weight is 410 g/mol. The van der Waals surface area contributed by atoms with Crippen LogP contribution in [0, 0.1) is 5.82 Å². The van der Waals surface area contributed by atoms with Crippen LogP contribution in [0.3, 0.4) is 0 Å². The lowest BCUT2D eigenvalue weighted by atomic mass is 10.2. The molecule has 0 radical (unpaired) electrons. The van der Waals surface area contributed by atoms with Crippen LogP contribution in [-0.4, -0.2) is 60.7 Å². The van der Waals surface area contributed by atoms with Crippen molar-refractivity contribution in [1.82, 2.24) is 9.88 Å². The molecular weight excluding hydrogens is 383 g/mol. The zero-order valence-electron chi connectivity index (χ0n) is 17.0. The van der Waals surface area contributed by atoms with Crippen molar-refractivity contribution in [3.05, 3.63) is 48.4 Å². The Hall–Kier alpha value is -2.67. The quantitative estimate of drug-likeness (QED) is 0.758. The number of ether oxygens (including phenoxy) is 1. The van der Waals surface area contributed by atoms with E-state index in [9.17, 15) is 9.18 Å². The van der Waals surface area contributed by atoms with Gasteiger partial charge in [0.1, 0.15) is 11.9 Å².